The van der Waals surface area contributed by atoms with E-state index in [2.05, 4.69) is 15.5 Å². The predicted octanol–water partition coefficient (Wildman–Crippen LogP) is 3.76. The van der Waals surface area contributed by atoms with E-state index in [0.29, 0.717) is 5.13 Å². The highest BCUT2D eigenvalue weighted by atomic mass is 32.1. The molecule has 23 heavy (non-hydrogen) atoms. The molecule has 5 nitrogen and oxygen atoms in total. The minimum absolute atomic E-state index is 0.110. The summed E-state index contributed by atoms with van der Waals surface area (Å²) in [7, 11) is 1.62. The third-order valence-electron chi connectivity index (χ3n) is 3.25. The Hall–Kier alpha value is -2.25. The summed E-state index contributed by atoms with van der Waals surface area (Å²) in [6.45, 7) is 2.04. The van der Waals surface area contributed by atoms with Gasteiger partial charge in [0.2, 0.25) is 11.0 Å². The summed E-state index contributed by atoms with van der Waals surface area (Å²) in [5.74, 6) is 0.662. The second-order valence-corrected chi connectivity index (χ2v) is 6.81. The molecule has 0 saturated carbocycles. The Morgan fingerprint density at radius 2 is 2.00 bits per heavy atom. The highest BCUT2D eigenvalue weighted by Crippen LogP contribution is 2.32. The molecule has 0 aliphatic heterocycles. The van der Waals surface area contributed by atoms with Crippen LogP contribution in [-0.2, 0) is 11.2 Å². The van der Waals surface area contributed by atoms with Gasteiger partial charge in [0.15, 0.2) is 5.01 Å². The maximum absolute atomic E-state index is 12.1. The van der Waals surface area contributed by atoms with Crippen molar-refractivity contribution >= 4 is 33.7 Å². The van der Waals surface area contributed by atoms with Crippen LogP contribution in [0.4, 0.5) is 5.13 Å². The first-order valence-electron chi connectivity index (χ1n) is 6.96. The second-order valence-electron chi connectivity index (χ2n) is 4.92. The van der Waals surface area contributed by atoms with Crippen LogP contribution in [0.1, 0.15) is 11.1 Å². The molecule has 0 spiro atoms. The van der Waals surface area contributed by atoms with Gasteiger partial charge in [-0.3, -0.25) is 4.79 Å². The molecule has 7 heteroatoms. The number of methoxy groups -OCH3 is 1. The van der Waals surface area contributed by atoms with Gasteiger partial charge < -0.3 is 10.1 Å². The van der Waals surface area contributed by atoms with Gasteiger partial charge in [0.25, 0.3) is 0 Å². The summed E-state index contributed by atoms with van der Waals surface area (Å²) >= 11 is 3.01. The zero-order chi connectivity index (χ0) is 16.2. The molecule has 0 aliphatic rings. The SMILES string of the molecule is COc1ccc(CC(=O)Nc2nnc(-c3sccc3C)s2)cc1. The number of thiophene rings is 1. The van der Waals surface area contributed by atoms with Crippen molar-refractivity contribution in [3.05, 3.63) is 46.8 Å². The number of hydrogen-bond donors (Lipinski definition) is 1. The third kappa shape index (κ3) is 3.75. The first-order chi connectivity index (χ1) is 11.2. The fourth-order valence-corrected chi connectivity index (χ4v) is 3.89. The lowest BCUT2D eigenvalue weighted by Crippen LogP contribution is -2.14. The fraction of sp³-hybridized carbons (Fsp3) is 0.188. The first kappa shape index (κ1) is 15.6. The van der Waals surface area contributed by atoms with Gasteiger partial charge in [-0.1, -0.05) is 23.5 Å². The Morgan fingerprint density at radius 3 is 2.65 bits per heavy atom. The smallest absolute Gasteiger partial charge is 0.230 e. The lowest BCUT2D eigenvalue weighted by atomic mass is 10.1. The molecule has 2 heterocycles. The Morgan fingerprint density at radius 1 is 1.22 bits per heavy atom. The molecule has 0 bridgehead atoms. The van der Waals surface area contributed by atoms with Crippen LogP contribution in [0.15, 0.2) is 35.7 Å². The number of hydrogen-bond acceptors (Lipinski definition) is 6. The highest BCUT2D eigenvalue weighted by molar-refractivity contribution is 7.23. The number of aryl methyl sites for hydroxylation is 1. The van der Waals surface area contributed by atoms with Crippen molar-refractivity contribution in [2.24, 2.45) is 0 Å². The maximum atomic E-state index is 12.1. The molecule has 0 aliphatic carbocycles. The molecule has 0 radical (unpaired) electrons. The van der Waals surface area contributed by atoms with Gasteiger partial charge in [0.05, 0.1) is 18.4 Å². The number of benzene rings is 1. The Kier molecular flexibility index (Phi) is 4.68. The fourth-order valence-electron chi connectivity index (χ4n) is 2.05. The van der Waals surface area contributed by atoms with Crippen molar-refractivity contribution < 1.29 is 9.53 Å². The number of nitrogens with one attached hydrogen (secondary N) is 1. The topological polar surface area (TPSA) is 64.1 Å². The summed E-state index contributed by atoms with van der Waals surface area (Å²) in [6.07, 6.45) is 0.289. The minimum atomic E-state index is -0.110. The Bertz CT molecular complexity index is 809. The van der Waals surface area contributed by atoms with Crippen molar-refractivity contribution in [1.82, 2.24) is 10.2 Å². The molecule has 0 atom stereocenters. The number of carbonyl (C=O) groups is 1. The highest BCUT2D eigenvalue weighted by Gasteiger charge is 2.12. The van der Waals surface area contributed by atoms with Crippen molar-refractivity contribution in [2.75, 3.05) is 12.4 Å². The van der Waals surface area contributed by atoms with Gasteiger partial charge in [-0.05, 0) is 41.6 Å². The van der Waals surface area contributed by atoms with Crippen molar-refractivity contribution in [3.63, 3.8) is 0 Å². The average Bonchev–Trinajstić information content (AvgIpc) is 3.16. The number of rotatable bonds is 5. The van der Waals surface area contributed by atoms with Crippen LogP contribution >= 0.6 is 22.7 Å². The summed E-state index contributed by atoms with van der Waals surface area (Å²) in [6, 6.07) is 9.47. The molecule has 3 rings (SSSR count). The maximum Gasteiger partial charge on any atom is 0.230 e. The van der Waals surface area contributed by atoms with Crippen LogP contribution in [0.25, 0.3) is 9.88 Å². The lowest BCUT2D eigenvalue weighted by molar-refractivity contribution is -0.115. The van der Waals surface area contributed by atoms with E-state index in [1.54, 1.807) is 18.4 Å². The van der Waals surface area contributed by atoms with Gasteiger partial charge in [-0.2, -0.15) is 0 Å². The zero-order valence-corrected chi connectivity index (χ0v) is 14.3. The molecule has 0 saturated heterocycles. The predicted molar refractivity (Wildman–Crippen MR) is 93.3 cm³/mol. The van der Waals surface area contributed by atoms with E-state index in [9.17, 15) is 4.79 Å². The number of aromatic nitrogens is 2. The van der Waals surface area contributed by atoms with Crippen LogP contribution in [0.5, 0.6) is 5.75 Å². The molecule has 3 aromatic rings. The van der Waals surface area contributed by atoms with Crippen molar-refractivity contribution in [2.45, 2.75) is 13.3 Å². The number of carbonyl (C=O) groups excluding carboxylic acids is 1. The summed E-state index contributed by atoms with van der Waals surface area (Å²) in [5, 5.41) is 14.4. The van der Waals surface area contributed by atoms with E-state index in [-0.39, 0.29) is 12.3 Å². The van der Waals surface area contributed by atoms with E-state index in [4.69, 9.17) is 4.74 Å². The monoisotopic (exact) mass is 345 g/mol. The van der Waals surface area contributed by atoms with E-state index in [1.807, 2.05) is 42.6 Å². The first-order valence-corrected chi connectivity index (χ1v) is 8.66. The molecule has 1 amide bonds. The van der Waals surface area contributed by atoms with Gasteiger partial charge in [0.1, 0.15) is 5.75 Å². The van der Waals surface area contributed by atoms with E-state index in [1.165, 1.54) is 16.9 Å². The molecule has 118 valence electrons. The normalized spacial score (nSPS) is 10.5. The number of nitrogens with zero attached hydrogens (tertiary/aromatic N) is 2. The molecule has 0 fully saturated rings. The number of amides is 1. The lowest BCUT2D eigenvalue weighted by Gasteiger charge is -2.03. The standard InChI is InChI=1S/C16H15N3O2S2/c1-10-7-8-22-14(10)15-18-19-16(23-15)17-13(20)9-11-3-5-12(21-2)6-4-11/h3-8H,9H2,1-2H3,(H,17,19,20). The minimum Gasteiger partial charge on any atom is -0.497 e. The van der Waals surface area contributed by atoms with Crippen LogP contribution in [-0.4, -0.2) is 23.2 Å². The van der Waals surface area contributed by atoms with Crippen molar-refractivity contribution in [3.8, 4) is 15.6 Å². The second kappa shape index (κ2) is 6.89. The Labute approximate surface area is 142 Å². The van der Waals surface area contributed by atoms with Crippen LogP contribution in [0.2, 0.25) is 0 Å². The molecule has 1 N–H and O–H groups in total. The summed E-state index contributed by atoms with van der Waals surface area (Å²) in [5.41, 5.74) is 2.09. The molecule has 1 aromatic carbocycles. The van der Waals surface area contributed by atoms with E-state index < -0.39 is 0 Å². The molecular weight excluding hydrogens is 330 g/mol. The number of ether oxygens (including phenoxy) is 1. The summed E-state index contributed by atoms with van der Waals surface area (Å²) < 4.78 is 5.10. The van der Waals surface area contributed by atoms with E-state index in [0.717, 1.165) is 21.2 Å². The zero-order valence-electron chi connectivity index (χ0n) is 12.7. The van der Waals surface area contributed by atoms with Crippen LogP contribution in [0, 0.1) is 6.92 Å². The summed E-state index contributed by atoms with van der Waals surface area (Å²) in [4.78, 5) is 13.2. The Balaban J connectivity index is 1.64. The quantitative estimate of drug-likeness (QED) is 0.764. The third-order valence-corrected chi connectivity index (χ3v) is 5.26. The van der Waals surface area contributed by atoms with E-state index >= 15 is 0 Å². The van der Waals surface area contributed by atoms with Crippen molar-refractivity contribution in [1.29, 1.82) is 0 Å². The van der Waals surface area contributed by atoms with Gasteiger partial charge in [0, 0.05) is 0 Å². The average molecular weight is 345 g/mol. The largest absolute Gasteiger partial charge is 0.497 e. The molecular formula is C16H15N3O2S2. The molecule has 0 unspecified atom stereocenters. The van der Waals surface area contributed by atoms with Gasteiger partial charge in [-0.15, -0.1) is 21.5 Å². The van der Waals surface area contributed by atoms with Crippen LogP contribution < -0.4 is 10.1 Å². The van der Waals surface area contributed by atoms with Gasteiger partial charge in [-0.25, -0.2) is 0 Å². The van der Waals surface area contributed by atoms with Gasteiger partial charge >= 0.3 is 0 Å². The van der Waals surface area contributed by atoms with Crippen LogP contribution in [0.3, 0.4) is 0 Å². The number of anilines is 1. The molecule has 2 aromatic heterocycles.